The third kappa shape index (κ3) is 3.05. The molecule has 1 aliphatic heterocycles. The van der Waals surface area contributed by atoms with Crippen molar-refractivity contribution in [1.29, 1.82) is 0 Å². The van der Waals surface area contributed by atoms with E-state index in [1.165, 1.54) is 11.1 Å². The third-order valence-corrected chi connectivity index (χ3v) is 3.97. The number of carbonyl (C=O) groups is 1. The van der Waals surface area contributed by atoms with Crippen molar-refractivity contribution in [1.82, 2.24) is 4.90 Å². The van der Waals surface area contributed by atoms with Crippen LogP contribution in [0.15, 0.2) is 24.3 Å². The average Bonchev–Trinajstić information content (AvgIpc) is 2.71. The maximum atomic E-state index is 11.8. The SMILES string of the molecule is CC(C)c1ccc(CN2CC(CCl)CC2=O)cc1. The molecule has 18 heavy (non-hydrogen) atoms. The molecule has 1 atom stereocenters. The molecular formula is C15H20ClNO. The van der Waals surface area contributed by atoms with Crippen molar-refractivity contribution < 1.29 is 4.79 Å². The van der Waals surface area contributed by atoms with Crippen molar-refractivity contribution in [2.75, 3.05) is 12.4 Å². The number of amides is 1. The van der Waals surface area contributed by atoms with Gasteiger partial charge in [-0.3, -0.25) is 4.79 Å². The Bertz CT molecular complexity index is 413. The first-order valence-corrected chi connectivity index (χ1v) is 7.06. The second-order valence-corrected chi connectivity index (χ2v) is 5.70. The van der Waals surface area contributed by atoms with E-state index in [0.717, 1.165) is 6.54 Å². The molecule has 0 radical (unpaired) electrons. The summed E-state index contributed by atoms with van der Waals surface area (Å²) in [7, 11) is 0. The molecule has 3 heteroatoms. The standard InChI is InChI=1S/C15H20ClNO/c1-11(2)14-5-3-12(4-6-14)9-17-10-13(8-16)7-15(17)18/h3-6,11,13H,7-10H2,1-2H3. The maximum absolute atomic E-state index is 11.8. The van der Waals surface area contributed by atoms with Crippen molar-refractivity contribution in [2.45, 2.75) is 32.7 Å². The minimum absolute atomic E-state index is 0.230. The van der Waals surface area contributed by atoms with Crippen LogP contribution in [0, 0.1) is 5.92 Å². The lowest BCUT2D eigenvalue weighted by Gasteiger charge is -2.17. The predicted molar refractivity (Wildman–Crippen MR) is 74.8 cm³/mol. The fourth-order valence-electron chi connectivity index (χ4n) is 2.34. The third-order valence-electron chi connectivity index (χ3n) is 3.53. The molecule has 2 nitrogen and oxygen atoms in total. The van der Waals surface area contributed by atoms with Crippen LogP contribution in [0.3, 0.4) is 0 Å². The Morgan fingerprint density at radius 1 is 1.33 bits per heavy atom. The predicted octanol–water partition coefficient (Wildman–Crippen LogP) is 3.40. The van der Waals surface area contributed by atoms with Crippen molar-refractivity contribution >= 4 is 17.5 Å². The largest absolute Gasteiger partial charge is 0.338 e. The number of alkyl halides is 1. The smallest absolute Gasteiger partial charge is 0.223 e. The first kappa shape index (κ1) is 13.4. The van der Waals surface area contributed by atoms with Gasteiger partial charge in [-0.1, -0.05) is 38.1 Å². The normalized spacial score (nSPS) is 19.9. The van der Waals surface area contributed by atoms with Crippen molar-refractivity contribution in [2.24, 2.45) is 5.92 Å². The summed E-state index contributed by atoms with van der Waals surface area (Å²) in [5.74, 6) is 1.69. The summed E-state index contributed by atoms with van der Waals surface area (Å²) in [4.78, 5) is 13.7. The molecule has 0 N–H and O–H groups in total. The first-order valence-electron chi connectivity index (χ1n) is 6.52. The van der Waals surface area contributed by atoms with Gasteiger partial charge >= 0.3 is 0 Å². The van der Waals surface area contributed by atoms with E-state index >= 15 is 0 Å². The molecular weight excluding hydrogens is 246 g/mol. The van der Waals surface area contributed by atoms with Crippen LogP contribution in [0.25, 0.3) is 0 Å². The Hall–Kier alpha value is -1.02. The summed E-state index contributed by atoms with van der Waals surface area (Å²) >= 11 is 5.82. The molecule has 1 aromatic rings. The molecule has 98 valence electrons. The van der Waals surface area contributed by atoms with Gasteiger partial charge in [-0.25, -0.2) is 0 Å². The van der Waals surface area contributed by atoms with Gasteiger partial charge in [-0.15, -0.1) is 11.6 Å². The Morgan fingerprint density at radius 2 is 2.00 bits per heavy atom. The Kier molecular flexibility index (Phi) is 4.28. The van der Waals surface area contributed by atoms with Crippen LogP contribution in [0.4, 0.5) is 0 Å². The van der Waals surface area contributed by atoms with Crippen LogP contribution < -0.4 is 0 Å². The molecule has 2 rings (SSSR count). The van der Waals surface area contributed by atoms with E-state index in [2.05, 4.69) is 38.1 Å². The zero-order valence-corrected chi connectivity index (χ0v) is 11.8. The van der Waals surface area contributed by atoms with Gasteiger partial charge in [0, 0.05) is 25.4 Å². The molecule has 1 saturated heterocycles. The fourth-order valence-corrected chi connectivity index (χ4v) is 2.55. The Labute approximate surface area is 114 Å². The van der Waals surface area contributed by atoms with Crippen LogP contribution in [0.1, 0.15) is 37.3 Å². The molecule has 1 aromatic carbocycles. The summed E-state index contributed by atoms with van der Waals surface area (Å²) in [6.07, 6.45) is 0.605. The van der Waals surface area contributed by atoms with E-state index in [1.54, 1.807) is 0 Å². The summed E-state index contributed by atoms with van der Waals surface area (Å²) in [5, 5.41) is 0. The number of nitrogens with zero attached hydrogens (tertiary/aromatic N) is 1. The topological polar surface area (TPSA) is 20.3 Å². The van der Waals surface area contributed by atoms with Crippen LogP contribution >= 0.6 is 11.6 Å². The average molecular weight is 266 g/mol. The van der Waals surface area contributed by atoms with E-state index in [9.17, 15) is 4.79 Å². The van der Waals surface area contributed by atoms with Gasteiger partial charge in [0.05, 0.1) is 0 Å². The molecule has 1 amide bonds. The second-order valence-electron chi connectivity index (χ2n) is 5.39. The highest BCUT2D eigenvalue weighted by Crippen LogP contribution is 2.22. The molecule has 0 aromatic heterocycles. The number of carbonyl (C=O) groups excluding carboxylic acids is 1. The summed E-state index contributed by atoms with van der Waals surface area (Å²) in [6, 6.07) is 8.55. The zero-order chi connectivity index (χ0) is 13.1. The van der Waals surface area contributed by atoms with Gasteiger partial charge < -0.3 is 4.90 Å². The summed E-state index contributed by atoms with van der Waals surface area (Å²) in [5.41, 5.74) is 2.54. The number of likely N-dealkylation sites (tertiary alicyclic amines) is 1. The van der Waals surface area contributed by atoms with Gasteiger partial charge in [-0.05, 0) is 23.0 Å². The summed E-state index contributed by atoms with van der Waals surface area (Å²) in [6.45, 7) is 5.88. The zero-order valence-electron chi connectivity index (χ0n) is 11.0. The van der Waals surface area contributed by atoms with Crippen LogP contribution in [0.5, 0.6) is 0 Å². The minimum atomic E-state index is 0.230. The lowest BCUT2D eigenvalue weighted by molar-refractivity contribution is -0.128. The number of hydrogen-bond donors (Lipinski definition) is 0. The van der Waals surface area contributed by atoms with Crippen molar-refractivity contribution in [3.05, 3.63) is 35.4 Å². The molecule has 1 heterocycles. The Morgan fingerprint density at radius 3 is 2.50 bits per heavy atom. The number of rotatable bonds is 4. The molecule has 0 spiro atoms. The molecule has 0 bridgehead atoms. The van der Waals surface area contributed by atoms with Crippen LogP contribution in [-0.4, -0.2) is 23.2 Å². The van der Waals surface area contributed by atoms with Crippen LogP contribution in [-0.2, 0) is 11.3 Å². The molecule has 1 fully saturated rings. The molecule has 0 aliphatic carbocycles. The van der Waals surface area contributed by atoms with Gasteiger partial charge in [0.15, 0.2) is 0 Å². The number of benzene rings is 1. The number of hydrogen-bond acceptors (Lipinski definition) is 1. The second kappa shape index (κ2) is 5.75. The highest BCUT2D eigenvalue weighted by molar-refractivity contribution is 6.18. The monoisotopic (exact) mass is 265 g/mol. The lowest BCUT2D eigenvalue weighted by atomic mass is 10.0. The van der Waals surface area contributed by atoms with E-state index in [-0.39, 0.29) is 5.91 Å². The van der Waals surface area contributed by atoms with Gasteiger partial charge in [-0.2, -0.15) is 0 Å². The number of halogens is 1. The van der Waals surface area contributed by atoms with E-state index in [1.807, 2.05) is 4.90 Å². The first-order chi connectivity index (χ1) is 8.60. The maximum Gasteiger partial charge on any atom is 0.223 e. The van der Waals surface area contributed by atoms with E-state index in [4.69, 9.17) is 11.6 Å². The van der Waals surface area contributed by atoms with Crippen molar-refractivity contribution in [3.8, 4) is 0 Å². The van der Waals surface area contributed by atoms with E-state index in [0.29, 0.717) is 30.7 Å². The minimum Gasteiger partial charge on any atom is -0.338 e. The molecule has 1 aliphatic rings. The lowest BCUT2D eigenvalue weighted by Crippen LogP contribution is -2.24. The van der Waals surface area contributed by atoms with Gasteiger partial charge in [0.2, 0.25) is 5.91 Å². The highest BCUT2D eigenvalue weighted by Gasteiger charge is 2.28. The molecule has 0 saturated carbocycles. The van der Waals surface area contributed by atoms with Gasteiger partial charge in [0.1, 0.15) is 0 Å². The van der Waals surface area contributed by atoms with Gasteiger partial charge in [0.25, 0.3) is 0 Å². The molecule has 1 unspecified atom stereocenters. The van der Waals surface area contributed by atoms with Crippen molar-refractivity contribution in [3.63, 3.8) is 0 Å². The quantitative estimate of drug-likeness (QED) is 0.764. The summed E-state index contributed by atoms with van der Waals surface area (Å²) < 4.78 is 0. The van der Waals surface area contributed by atoms with Crippen LogP contribution in [0.2, 0.25) is 0 Å². The Balaban J connectivity index is 1.99. The highest BCUT2D eigenvalue weighted by atomic mass is 35.5. The fraction of sp³-hybridized carbons (Fsp3) is 0.533. The van der Waals surface area contributed by atoms with E-state index < -0.39 is 0 Å².